The van der Waals surface area contributed by atoms with Gasteiger partial charge in [0.15, 0.2) is 5.78 Å². The van der Waals surface area contributed by atoms with Crippen LogP contribution in [-0.4, -0.2) is 24.5 Å². The number of rotatable bonds is 5. The highest BCUT2D eigenvalue weighted by atomic mass is 19.1. The van der Waals surface area contributed by atoms with Crippen molar-refractivity contribution in [3.05, 3.63) is 11.8 Å². The topological polar surface area (TPSA) is 69.2 Å². The van der Waals surface area contributed by atoms with Crippen LogP contribution in [0.5, 0.6) is 0 Å². The Balaban J connectivity index is 4.24. The van der Waals surface area contributed by atoms with Crippen LogP contribution in [0.15, 0.2) is 11.8 Å². The maximum Gasteiger partial charge on any atom is 0.154 e. The highest BCUT2D eigenvalue weighted by Gasteiger charge is 2.08. The van der Waals surface area contributed by atoms with E-state index >= 15 is 0 Å². The summed E-state index contributed by atoms with van der Waals surface area (Å²) in [6.07, 6.45) is 1.19. The fraction of sp³-hybridized carbons (Fsp3) is 0.500. The first-order valence-corrected chi connectivity index (χ1v) is 3.69. The Morgan fingerprint density at radius 3 is 2.38 bits per heavy atom. The van der Waals surface area contributed by atoms with Crippen LogP contribution in [0.3, 0.4) is 0 Å². The Morgan fingerprint density at radius 1 is 1.54 bits per heavy atom. The van der Waals surface area contributed by atoms with Gasteiger partial charge in [-0.2, -0.15) is 0 Å². The number of nitrogens with one attached hydrogen (secondary N) is 1. The van der Waals surface area contributed by atoms with E-state index in [1.54, 1.807) is 0 Å². The minimum atomic E-state index is -1.53. The number of aliphatic carboxylic acids is 1. The molecule has 0 fully saturated rings. The summed E-state index contributed by atoms with van der Waals surface area (Å²) in [7, 11) is 0. The molecule has 0 aliphatic heterocycles. The summed E-state index contributed by atoms with van der Waals surface area (Å²) in [6, 6.07) is -1.39. The lowest BCUT2D eigenvalue weighted by molar-refractivity contribution is -0.308. The van der Waals surface area contributed by atoms with Crippen molar-refractivity contribution < 1.29 is 19.1 Å². The Hall–Kier alpha value is -1.39. The molecule has 74 valence electrons. The van der Waals surface area contributed by atoms with Crippen LogP contribution in [0.2, 0.25) is 0 Å². The summed E-state index contributed by atoms with van der Waals surface area (Å²) in [5.41, 5.74) is 0.305. The lowest BCUT2D eigenvalue weighted by atomic mass is 10.3. The molecule has 1 atom stereocenters. The minimum absolute atomic E-state index is 0.235. The standard InChI is InChI=1S/C8H12FNO3/c1-5(3-6(2)11)10-7(4-9)8(12)13/h3,7,10H,4H2,1-2H3,(H,12,13)/p-1/b5-3-. The van der Waals surface area contributed by atoms with Crippen LogP contribution in [0, 0.1) is 0 Å². The lowest BCUT2D eigenvalue weighted by Crippen LogP contribution is -2.46. The van der Waals surface area contributed by atoms with Crippen LogP contribution in [-0.2, 0) is 9.59 Å². The predicted molar refractivity (Wildman–Crippen MR) is 42.3 cm³/mol. The fourth-order valence-electron chi connectivity index (χ4n) is 0.782. The molecular formula is C8H11FNO3-. The van der Waals surface area contributed by atoms with E-state index in [4.69, 9.17) is 0 Å². The van der Waals surface area contributed by atoms with Gasteiger partial charge in [-0.15, -0.1) is 0 Å². The number of hydrogen-bond donors (Lipinski definition) is 1. The summed E-state index contributed by atoms with van der Waals surface area (Å²) in [4.78, 5) is 20.7. The van der Waals surface area contributed by atoms with E-state index in [1.165, 1.54) is 19.9 Å². The zero-order valence-electron chi connectivity index (χ0n) is 7.46. The van der Waals surface area contributed by atoms with Crippen LogP contribution in [0.25, 0.3) is 0 Å². The van der Waals surface area contributed by atoms with Crippen molar-refractivity contribution in [1.82, 2.24) is 5.32 Å². The number of ketones is 1. The molecule has 4 nitrogen and oxygen atoms in total. The number of halogens is 1. The van der Waals surface area contributed by atoms with Crippen molar-refractivity contribution in [3.8, 4) is 0 Å². The smallest absolute Gasteiger partial charge is 0.154 e. The highest BCUT2D eigenvalue weighted by Crippen LogP contribution is 1.92. The minimum Gasteiger partial charge on any atom is -0.548 e. The van der Waals surface area contributed by atoms with Gasteiger partial charge in [0.1, 0.15) is 6.67 Å². The van der Waals surface area contributed by atoms with Crippen molar-refractivity contribution >= 4 is 11.8 Å². The molecule has 13 heavy (non-hydrogen) atoms. The quantitative estimate of drug-likeness (QED) is 0.571. The molecule has 0 radical (unpaired) electrons. The molecule has 0 aromatic carbocycles. The van der Waals surface area contributed by atoms with Crippen LogP contribution < -0.4 is 10.4 Å². The monoisotopic (exact) mass is 188 g/mol. The number of alkyl halides is 1. The number of carboxylic acid groups (broad SMARTS) is 1. The van der Waals surface area contributed by atoms with Crippen molar-refractivity contribution in [2.45, 2.75) is 19.9 Å². The van der Waals surface area contributed by atoms with Gasteiger partial charge in [-0.25, -0.2) is 4.39 Å². The number of hydrogen-bond acceptors (Lipinski definition) is 4. The average Bonchev–Trinajstić information content (AvgIpc) is 1.98. The molecule has 1 unspecified atom stereocenters. The zero-order valence-corrected chi connectivity index (χ0v) is 7.46. The molecular weight excluding hydrogens is 177 g/mol. The van der Waals surface area contributed by atoms with E-state index < -0.39 is 18.7 Å². The SMILES string of the molecule is CC(=O)/C=C(/C)NC(CF)C(=O)[O-]. The Morgan fingerprint density at radius 2 is 2.08 bits per heavy atom. The summed E-state index contributed by atoms with van der Waals surface area (Å²) >= 11 is 0. The maximum absolute atomic E-state index is 12.0. The van der Waals surface area contributed by atoms with Gasteiger partial charge in [0.25, 0.3) is 0 Å². The number of carbonyl (C=O) groups excluding carboxylic acids is 2. The third kappa shape index (κ3) is 4.95. The Bertz CT molecular complexity index is 238. The van der Waals surface area contributed by atoms with Crippen LogP contribution >= 0.6 is 0 Å². The Labute approximate surface area is 75.4 Å². The van der Waals surface area contributed by atoms with Gasteiger partial charge >= 0.3 is 0 Å². The van der Waals surface area contributed by atoms with E-state index in [2.05, 4.69) is 5.32 Å². The Kier molecular flexibility index (Phi) is 4.72. The van der Waals surface area contributed by atoms with E-state index in [0.29, 0.717) is 5.70 Å². The molecule has 1 N–H and O–H groups in total. The van der Waals surface area contributed by atoms with Gasteiger partial charge in [0.05, 0.1) is 12.0 Å². The molecule has 0 bridgehead atoms. The van der Waals surface area contributed by atoms with Gasteiger partial charge < -0.3 is 15.2 Å². The third-order valence-electron chi connectivity index (χ3n) is 1.26. The van der Waals surface area contributed by atoms with Gasteiger partial charge in [0, 0.05) is 5.70 Å². The maximum atomic E-state index is 12.0. The van der Waals surface area contributed by atoms with Crippen LogP contribution in [0.1, 0.15) is 13.8 Å². The van der Waals surface area contributed by atoms with Gasteiger partial charge in [-0.1, -0.05) is 0 Å². The molecule has 0 heterocycles. The van der Waals surface area contributed by atoms with Crippen LogP contribution in [0.4, 0.5) is 4.39 Å². The second-order valence-electron chi connectivity index (χ2n) is 2.61. The summed E-state index contributed by atoms with van der Waals surface area (Å²) in [6.45, 7) is 1.72. The summed E-state index contributed by atoms with van der Waals surface area (Å²) in [5.74, 6) is -1.76. The van der Waals surface area contributed by atoms with Gasteiger partial charge in [-0.3, -0.25) is 4.79 Å². The first kappa shape index (κ1) is 11.6. The molecule has 0 saturated heterocycles. The third-order valence-corrected chi connectivity index (χ3v) is 1.26. The van der Waals surface area contributed by atoms with E-state index in [1.807, 2.05) is 0 Å². The van der Waals surface area contributed by atoms with E-state index in [9.17, 15) is 19.1 Å². The molecule has 0 amide bonds. The van der Waals surface area contributed by atoms with E-state index in [0.717, 1.165) is 0 Å². The number of carbonyl (C=O) groups is 2. The molecule has 0 aliphatic carbocycles. The molecule has 5 heteroatoms. The largest absolute Gasteiger partial charge is 0.548 e. The zero-order chi connectivity index (χ0) is 10.4. The predicted octanol–water partition coefficient (Wildman–Crippen LogP) is -0.843. The van der Waals surface area contributed by atoms with Crippen molar-refractivity contribution in [3.63, 3.8) is 0 Å². The van der Waals surface area contributed by atoms with Gasteiger partial charge in [0.2, 0.25) is 0 Å². The number of carboxylic acids is 1. The molecule has 0 rings (SSSR count). The van der Waals surface area contributed by atoms with Gasteiger partial charge in [-0.05, 0) is 19.9 Å². The first-order valence-electron chi connectivity index (χ1n) is 3.69. The molecule has 0 spiro atoms. The summed E-state index contributed by atoms with van der Waals surface area (Å²) < 4.78 is 12.0. The second-order valence-corrected chi connectivity index (χ2v) is 2.61. The molecule has 0 aromatic rings. The average molecular weight is 188 g/mol. The lowest BCUT2D eigenvalue weighted by Gasteiger charge is -2.17. The van der Waals surface area contributed by atoms with E-state index in [-0.39, 0.29) is 5.78 Å². The molecule has 0 aliphatic rings. The first-order chi connectivity index (χ1) is 5.97. The summed E-state index contributed by atoms with van der Waals surface area (Å²) in [5, 5.41) is 12.5. The second kappa shape index (κ2) is 5.29. The molecule has 0 aromatic heterocycles. The van der Waals surface area contributed by atoms with Crippen molar-refractivity contribution in [2.75, 3.05) is 6.67 Å². The van der Waals surface area contributed by atoms with Crippen molar-refractivity contribution in [2.24, 2.45) is 0 Å². The fourth-order valence-corrected chi connectivity index (χ4v) is 0.782. The number of allylic oxidation sites excluding steroid dienone is 2. The highest BCUT2D eigenvalue weighted by molar-refractivity contribution is 5.87. The normalized spacial score (nSPS) is 13.6. The van der Waals surface area contributed by atoms with Crippen molar-refractivity contribution in [1.29, 1.82) is 0 Å². The molecule has 0 saturated carbocycles.